The fraction of sp³-hybridized carbons (Fsp3) is 0. The molecule has 1 N–H and O–H groups in total. The summed E-state index contributed by atoms with van der Waals surface area (Å²) in [7, 11) is 0. The molecule has 0 aliphatic carbocycles. The number of halogens is 2. The standard InChI is InChI=1S/C7H5BrFNO/c8-6-1-5(4-10-11)2-7(9)3-6/h1-4,11H/b10-4+. The summed E-state index contributed by atoms with van der Waals surface area (Å²) in [6.07, 6.45) is 1.16. The molecule has 0 saturated carbocycles. The Hall–Kier alpha value is -0.900. The second-order valence-electron chi connectivity index (χ2n) is 1.95. The van der Waals surface area contributed by atoms with Gasteiger partial charge in [0.15, 0.2) is 0 Å². The molecule has 1 rings (SSSR count). The van der Waals surface area contributed by atoms with Crippen LogP contribution < -0.4 is 0 Å². The van der Waals surface area contributed by atoms with Gasteiger partial charge in [-0.05, 0) is 18.2 Å². The third kappa shape index (κ3) is 2.31. The van der Waals surface area contributed by atoms with E-state index in [1.165, 1.54) is 12.1 Å². The number of hydrogen-bond donors (Lipinski definition) is 1. The summed E-state index contributed by atoms with van der Waals surface area (Å²) >= 11 is 3.10. The maximum absolute atomic E-state index is 12.6. The van der Waals surface area contributed by atoms with Crippen LogP contribution in [0, 0.1) is 5.82 Å². The van der Waals surface area contributed by atoms with Gasteiger partial charge in [-0.15, -0.1) is 0 Å². The van der Waals surface area contributed by atoms with Gasteiger partial charge >= 0.3 is 0 Å². The maximum Gasteiger partial charge on any atom is 0.124 e. The molecular weight excluding hydrogens is 213 g/mol. The van der Waals surface area contributed by atoms with Crippen LogP contribution in [0.2, 0.25) is 0 Å². The van der Waals surface area contributed by atoms with E-state index < -0.39 is 0 Å². The summed E-state index contributed by atoms with van der Waals surface area (Å²) < 4.78 is 13.2. The van der Waals surface area contributed by atoms with Gasteiger partial charge in [-0.2, -0.15) is 0 Å². The van der Waals surface area contributed by atoms with Crippen molar-refractivity contribution in [3.05, 3.63) is 34.1 Å². The minimum absolute atomic E-state index is 0.366. The smallest absolute Gasteiger partial charge is 0.124 e. The largest absolute Gasteiger partial charge is 0.411 e. The Morgan fingerprint density at radius 1 is 1.45 bits per heavy atom. The molecule has 11 heavy (non-hydrogen) atoms. The molecule has 0 fully saturated rings. The lowest BCUT2D eigenvalue weighted by molar-refractivity contribution is 0.322. The summed E-state index contributed by atoms with van der Waals surface area (Å²) in [5, 5.41) is 10.9. The molecule has 0 unspecified atom stereocenters. The van der Waals surface area contributed by atoms with Crippen molar-refractivity contribution >= 4 is 22.1 Å². The van der Waals surface area contributed by atoms with Crippen molar-refractivity contribution < 1.29 is 9.60 Å². The van der Waals surface area contributed by atoms with E-state index in [0.29, 0.717) is 10.0 Å². The predicted molar refractivity (Wildman–Crippen MR) is 43.5 cm³/mol. The number of oxime groups is 1. The molecule has 4 heteroatoms. The van der Waals surface area contributed by atoms with E-state index in [2.05, 4.69) is 21.1 Å². The Labute approximate surface area is 71.5 Å². The second kappa shape index (κ2) is 3.48. The van der Waals surface area contributed by atoms with Crippen molar-refractivity contribution in [3.8, 4) is 0 Å². The Balaban J connectivity index is 3.08. The van der Waals surface area contributed by atoms with Gasteiger partial charge in [0.25, 0.3) is 0 Å². The van der Waals surface area contributed by atoms with E-state index in [9.17, 15) is 4.39 Å². The summed E-state index contributed by atoms with van der Waals surface area (Å²) in [6.45, 7) is 0. The van der Waals surface area contributed by atoms with E-state index in [4.69, 9.17) is 5.21 Å². The molecule has 0 atom stereocenters. The molecule has 0 aromatic heterocycles. The van der Waals surface area contributed by atoms with Crippen LogP contribution in [0.5, 0.6) is 0 Å². The van der Waals surface area contributed by atoms with Crippen molar-refractivity contribution in [1.29, 1.82) is 0 Å². The Bertz CT molecular complexity index is 268. The van der Waals surface area contributed by atoms with Crippen molar-refractivity contribution in [2.24, 2.45) is 5.16 Å². The molecule has 0 spiro atoms. The second-order valence-corrected chi connectivity index (χ2v) is 2.86. The molecule has 0 radical (unpaired) electrons. The summed E-state index contributed by atoms with van der Waals surface area (Å²) in [5.41, 5.74) is 0.513. The first kappa shape index (κ1) is 8.20. The molecule has 58 valence electrons. The van der Waals surface area contributed by atoms with E-state index in [0.717, 1.165) is 6.21 Å². The van der Waals surface area contributed by atoms with Gasteiger partial charge in [0.1, 0.15) is 5.82 Å². The van der Waals surface area contributed by atoms with E-state index in [-0.39, 0.29) is 5.82 Å². The lowest BCUT2D eigenvalue weighted by atomic mass is 10.2. The lowest BCUT2D eigenvalue weighted by Gasteiger charge is -1.93. The van der Waals surface area contributed by atoms with Crippen LogP contribution in [0.4, 0.5) is 4.39 Å². The predicted octanol–water partition coefficient (Wildman–Crippen LogP) is 2.40. The molecule has 0 saturated heterocycles. The SMILES string of the molecule is O/N=C/c1cc(F)cc(Br)c1. The molecule has 0 bridgehead atoms. The zero-order valence-corrected chi connectivity index (χ0v) is 7.05. The first-order chi connectivity index (χ1) is 5.22. The van der Waals surface area contributed by atoms with Crippen LogP contribution in [0.15, 0.2) is 27.8 Å². The van der Waals surface area contributed by atoms with Gasteiger partial charge in [0.2, 0.25) is 0 Å². The van der Waals surface area contributed by atoms with Gasteiger partial charge in [-0.25, -0.2) is 4.39 Å². The molecule has 1 aromatic rings. The zero-order chi connectivity index (χ0) is 8.27. The lowest BCUT2D eigenvalue weighted by Crippen LogP contribution is -1.83. The van der Waals surface area contributed by atoms with Crippen molar-refractivity contribution in [2.45, 2.75) is 0 Å². The van der Waals surface area contributed by atoms with Crippen molar-refractivity contribution in [3.63, 3.8) is 0 Å². The highest BCUT2D eigenvalue weighted by Crippen LogP contribution is 2.13. The van der Waals surface area contributed by atoms with Gasteiger partial charge in [-0.3, -0.25) is 0 Å². The van der Waals surface area contributed by atoms with Crippen LogP contribution in [0.3, 0.4) is 0 Å². The fourth-order valence-corrected chi connectivity index (χ4v) is 1.20. The number of hydrogen-bond acceptors (Lipinski definition) is 2. The van der Waals surface area contributed by atoms with Crippen LogP contribution >= 0.6 is 15.9 Å². The average molecular weight is 218 g/mol. The van der Waals surface area contributed by atoms with Crippen LogP contribution in [0.25, 0.3) is 0 Å². The Kier molecular flexibility index (Phi) is 2.59. The minimum atomic E-state index is -0.366. The topological polar surface area (TPSA) is 32.6 Å². The Morgan fingerprint density at radius 3 is 2.73 bits per heavy atom. The molecular formula is C7H5BrFNO. The molecule has 0 aliphatic rings. The van der Waals surface area contributed by atoms with Gasteiger partial charge in [0.05, 0.1) is 6.21 Å². The summed E-state index contributed by atoms with van der Waals surface area (Å²) in [5.74, 6) is -0.366. The number of nitrogens with zero attached hydrogens (tertiary/aromatic N) is 1. The van der Waals surface area contributed by atoms with Gasteiger partial charge in [-0.1, -0.05) is 21.1 Å². The quantitative estimate of drug-likeness (QED) is 0.438. The van der Waals surface area contributed by atoms with Gasteiger partial charge < -0.3 is 5.21 Å². The zero-order valence-electron chi connectivity index (χ0n) is 5.46. The maximum atomic E-state index is 12.6. The first-order valence-corrected chi connectivity index (χ1v) is 3.65. The van der Waals surface area contributed by atoms with Crippen molar-refractivity contribution in [1.82, 2.24) is 0 Å². The van der Waals surface area contributed by atoms with Crippen LogP contribution in [-0.2, 0) is 0 Å². The Morgan fingerprint density at radius 2 is 2.18 bits per heavy atom. The molecule has 0 heterocycles. The molecule has 0 amide bonds. The molecule has 2 nitrogen and oxygen atoms in total. The van der Waals surface area contributed by atoms with Crippen LogP contribution in [0.1, 0.15) is 5.56 Å². The van der Waals surface area contributed by atoms with E-state index in [1.54, 1.807) is 6.07 Å². The van der Waals surface area contributed by atoms with Gasteiger partial charge in [0, 0.05) is 10.0 Å². The third-order valence-electron chi connectivity index (χ3n) is 1.09. The highest BCUT2D eigenvalue weighted by atomic mass is 79.9. The monoisotopic (exact) mass is 217 g/mol. The van der Waals surface area contributed by atoms with Crippen LogP contribution in [-0.4, -0.2) is 11.4 Å². The van der Waals surface area contributed by atoms with E-state index >= 15 is 0 Å². The van der Waals surface area contributed by atoms with E-state index in [1.807, 2.05) is 0 Å². The highest BCUT2D eigenvalue weighted by Gasteiger charge is 1.95. The average Bonchev–Trinajstić information content (AvgIpc) is 1.85. The molecule has 0 aliphatic heterocycles. The number of benzene rings is 1. The summed E-state index contributed by atoms with van der Waals surface area (Å²) in [4.78, 5) is 0. The first-order valence-electron chi connectivity index (χ1n) is 2.86. The summed E-state index contributed by atoms with van der Waals surface area (Å²) in [6, 6.07) is 4.24. The third-order valence-corrected chi connectivity index (χ3v) is 1.55. The fourth-order valence-electron chi connectivity index (χ4n) is 0.716. The minimum Gasteiger partial charge on any atom is -0.411 e. The molecule has 1 aromatic carbocycles. The highest BCUT2D eigenvalue weighted by molar-refractivity contribution is 9.10. The van der Waals surface area contributed by atoms with Crippen molar-refractivity contribution in [2.75, 3.05) is 0 Å². The normalized spacial score (nSPS) is 10.7. The number of rotatable bonds is 1.